The van der Waals surface area contributed by atoms with Crippen LogP contribution in [0.25, 0.3) is 0 Å². The van der Waals surface area contributed by atoms with Crippen molar-refractivity contribution in [3.8, 4) is 0 Å². The number of hydrogen-bond donors (Lipinski definition) is 0. The van der Waals surface area contributed by atoms with Crippen LogP contribution in [0.5, 0.6) is 0 Å². The first-order valence-corrected chi connectivity index (χ1v) is 7.00. The first-order chi connectivity index (χ1) is 8.41. The van der Waals surface area contributed by atoms with Gasteiger partial charge >= 0.3 is 6.18 Å². The summed E-state index contributed by atoms with van der Waals surface area (Å²) >= 11 is 0. The monoisotopic (exact) mass is 280 g/mol. The van der Waals surface area contributed by atoms with Gasteiger partial charge in [0.2, 0.25) is 0 Å². The normalized spacial score (nSPS) is 19.1. The van der Waals surface area contributed by atoms with Crippen molar-refractivity contribution < 1.29 is 18.0 Å². The Morgan fingerprint density at radius 1 is 1.05 bits per heavy atom. The van der Waals surface area contributed by atoms with Crippen molar-refractivity contribution in [2.75, 3.05) is 0 Å². The fraction of sp³-hybridized carbons (Fsp3) is 0.933. The standard InChI is InChI=1S/C15H27F3O/c1-7-13(5,9-12(19)11(3)4)10-14(6,8-2)15(16,17)18/h11H,7-10H2,1-6H3. The molecule has 0 bridgehead atoms. The van der Waals surface area contributed by atoms with Gasteiger partial charge in [-0.15, -0.1) is 0 Å². The summed E-state index contributed by atoms with van der Waals surface area (Å²) in [6, 6.07) is 0. The van der Waals surface area contributed by atoms with Gasteiger partial charge in [0.1, 0.15) is 5.78 Å². The van der Waals surface area contributed by atoms with Crippen LogP contribution in [-0.2, 0) is 4.79 Å². The lowest BCUT2D eigenvalue weighted by molar-refractivity contribution is -0.229. The summed E-state index contributed by atoms with van der Waals surface area (Å²) in [5.41, 5.74) is -2.29. The predicted molar refractivity (Wildman–Crippen MR) is 71.9 cm³/mol. The lowest BCUT2D eigenvalue weighted by Crippen LogP contribution is -2.40. The van der Waals surface area contributed by atoms with Crippen LogP contribution < -0.4 is 0 Å². The maximum Gasteiger partial charge on any atom is 0.394 e. The zero-order valence-electron chi connectivity index (χ0n) is 12.9. The van der Waals surface area contributed by atoms with Crippen LogP contribution in [0, 0.1) is 16.7 Å². The second-order valence-corrected chi connectivity index (χ2v) is 6.55. The Morgan fingerprint density at radius 2 is 1.53 bits per heavy atom. The SMILES string of the molecule is CCC(C)(CC(=O)C(C)C)CC(C)(CC)C(F)(F)F. The Morgan fingerprint density at radius 3 is 1.79 bits per heavy atom. The Bertz CT molecular complexity index is 309. The first kappa shape index (κ1) is 18.5. The third-order valence-corrected chi connectivity index (χ3v) is 4.38. The Balaban J connectivity index is 5.11. The van der Waals surface area contributed by atoms with E-state index in [0.717, 1.165) is 0 Å². The second-order valence-electron chi connectivity index (χ2n) is 6.55. The van der Waals surface area contributed by atoms with Crippen molar-refractivity contribution >= 4 is 5.78 Å². The molecule has 1 nitrogen and oxygen atoms in total. The fourth-order valence-corrected chi connectivity index (χ4v) is 2.30. The number of alkyl halides is 3. The summed E-state index contributed by atoms with van der Waals surface area (Å²) in [5, 5.41) is 0. The number of rotatable bonds is 7. The average Bonchev–Trinajstić information content (AvgIpc) is 2.27. The van der Waals surface area contributed by atoms with Gasteiger partial charge in [-0.2, -0.15) is 13.2 Å². The molecule has 0 radical (unpaired) electrons. The molecular formula is C15H27F3O. The van der Waals surface area contributed by atoms with Gasteiger partial charge in [-0.1, -0.05) is 48.0 Å². The molecule has 0 aromatic rings. The number of Topliss-reactive ketones (excluding diaryl/α,β-unsaturated/α-hetero) is 1. The van der Waals surface area contributed by atoms with Crippen molar-refractivity contribution in [1.29, 1.82) is 0 Å². The van der Waals surface area contributed by atoms with E-state index in [-0.39, 0.29) is 31.0 Å². The molecule has 2 unspecified atom stereocenters. The Labute approximate surface area is 115 Å². The Kier molecular flexibility index (Phi) is 6.10. The lowest BCUT2D eigenvalue weighted by atomic mass is 9.67. The van der Waals surface area contributed by atoms with Crippen LogP contribution >= 0.6 is 0 Å². The number of hydrogen-bond acceptors (Lipinski definition) is 1. The van der Waals surface area contributed by atoms with Crippen LogP contribution in [0.15, 0.2) is 0 Å². The summed E-state index contributed by atoms with van der Waals surface area (Å²) in [5.74, 6) is -0.0744. The van der Waals surface area contributed by atoms with Crippen LogP contribution in [0.1, 0.15) is 67.2 Å². The minimum Gasteiger partial charge on any atom is -0.299 e. The molecule has 0 rings (SSSR count). The molecule has 0 saturated heterocycles. The quantitative estimate of drug-likeness (QED) is 0.611. The topological polar surface area (TPSA) is 17.1 Å². The summed E-state index contributed by atoms with van der Waals surface area (Å²) < 4.78 is 39.5. The second kappa shape index (κ2) is 6.27. The van der Waals surface area contributed by atoms with E-state index in [1.54, 1.807) is 27.7 Å². The molecule has 0 fully saturated rings. The van der Waals surface area contributed by atoms with Gasteiger partial charge in [-0.25, -0.2) is 0 Å². The van der Waals surface area contributed by atoms with Gasteiger partial charge in [0.25, 0.3) is 0 Å². The van der Waals surface area contributed by atoms with Crippen molar-refractivity contribution in [3.63, 3.8) is 0 Å². The van der Waals surface area contributed by atoms with Crippen LogP contribution in [0.2, 0.25) is 0 Å². The van der Waals surface area contributed by atoms with E-state index in [1.807, 2.05) is 6.92 Å². The summed E-state index contributed by atoms with van der Waals surface area (Å²) in [6.45, 7) is 10.1. The molecule has 0 aliphatic rings. The summed E-state index contributed by atoms with van der Waals surface area (Å²) in [6.07, 6.45) is -3.36. The maximum absolute atomic E-state index is 13.2. The summed E-state index contributed by atoms with van der Waals surface area (Å²) in [4.78, 5) is 11.9. The van der Waals surface area contributed by atoms with E-state index in [2.05, 4.69) is 0 Å². The lowest BCUT2D eigenvalue weighted by Gasteiger charge is -2.40. The maximum atomic E-state index is 13.2. The molecule has 0 heterocycles. The minimum absolute atomic E-state index is 0.00889. The third kappa shape index (κ3) is 4.81. The average molecular weight is 280 g/mol. The highest BCUT2D eigenvalue weighted by atomic mass is 19.4. The molecule has 0 aromatic carbocycles. The van der Waals surface area contributed by atoms with E-state index < -0.39 is 17.0 Å². The highest BCUT2D eigenvalue weighted by Crippen LogP contribution is 2.50. The zero-order valence-corrected chi connectivity index (χ0v) is 12.9. The predicted octanol–water partition coefficient (Wildman–Crippen LogP) is 5.39. The van der Waals surface area contributed by atoms with E-state index >= 15 is 0 Å². The van der Waals surface area contributed by atoms with Gasteiger partial charge in [0.05, 0.1) is 5.41 Å². The van der Waals surface area contributed by atoms with Crippen LogP contribution in [0.4, 0.5) is 13.2 Å². The van der Waals surface area contributed by atoms with Gasteiger partial charge in [0.15, 0.2) is 0 Å². The number of carbonyl (C=O) groups is 1. The van der Waals surface area contributed by atoms with Crippen LogP contribution in [0.3, 0.4) is 0 Å². The number of ketones is 1. The van der Waals surface area contributed by atoms with Crippen LogP contribution in [-0.4, -0.2) is 12.0 Å². The van der Waals surface area contributed by atoms with E-state index in [1.165, 1.54) is 6.92 Å². The highest BCUT2D eigenvalue weighted by Gasteiger charge is 2.52. The van der Waals surface area contributed by atoms with E-state index in [9.17, 15) is 18.0 Å². The molecule has 0 aliphatic heterocycles. The molecule has 0 N–H and O–H groups in total. The van der Waals surface area contributed by atoms with Crippen molar-refractivity contribution in [1.82, 2.24) is 0 Å². The fourth-order valence-electron chi connectivity index (χ4n) is 2.30. The van der Waals surface area contributed by atoms with Gasteiger partial charge in [0, 0.05) is 12.3 Å². The first-order valence-electron chi connectivity index (χ1n) is 7.00. The van der Waals surface area contributed by atoms with Gasteiger partial charge in [-0.3, -0.25) is 4.79 Å². The molecule has 2 atom stereocenters. The molecular weight excluding hydrogens is 253 g/mol. The molecule has 0 aliphatic carbocycles. The molecule has 114 valence electrons. The molecule has 4 heteroatoms. The highest BCUT2D eigenvalue weighted by molar-refractivity contribution is 5.80. The molecule has 19 heavy (non-hydrogen) atoms. The van der Waals surface area contributed by atoms with E-state index in [4.69, 9.17) is 0 Å². The molecule has 0 saturated carbocycles. The smallest absolute Gasteiger partial charge is 0.299 e. The molecule has 0 spiro atoms. The van der Waals surface area contributed by atoms with Crippen molar-refractivity contribution in [2.45, 2.75) is 73.4 Å². The van der Waals surface area contributed by atoms with Gasteiger partial charge < -0.3 is 0 Å². The number of halogens is 3. The Hall–Kier alpha value is -0.540. The van der Waals surface area contributed by atoms with Gasteiger partial charge in [-0.05, 0) is 18.3 Å². The minimum atomic E-state index is -4.22. The van der Waals surface area contributed by atoms with Crippen molar-refractivity contribution in [2.24, 2.45) is 16.7 Å². The molecule has 0 aromatic heterocycles. The largest absolute Gasteiger partial charge is 0.394 e. The zero-order chi connectivity index (χ0) is 15.5. The molecule has 0 amide bonds. The number of carbonyl (C=O) groups excluding carboxylic acids is 1. The van der Waals surface area contributed by atoms with Crippen molar-refractivity contribution in [3.05, 3.63) is 0 Å². The third-order valence-electron chi connectivity index (χ3n) is 4.38. The summed E-state index contributed by atoms with van der Waals surface area (Å²) in [7, 11) is 0. The van der Waals surface area contributed by atoms with E-state index in [0.29, 0.717) is 6.42 Å².